The van der Waals surface area contributed by atoms with Gasteiger partial charge in [0.2, 0.25) is 0 Å². The van der Waals surface area contributed by atoms with Gasteiger partial charge >= 0.3 is 5.97 Å². The molecule has 6 heteroatoms. The van der Waals surface area contributed by atoms with E-state index in [-0.39, 0.29) is 12.2 Å². The average molecular weight is 260 g/mol. The quantitative estimate of drug-likeness (QED) is 0.884. The van der Waals surface area contributed by atoms with E-state index in [0.717, 1.165) is 0 Å². The first kappa shape index (κ1) is 12.8. The summed E-state index contributed by atoms with van der Waals surface area (Å²) in [6.45, 7) is 0. The number of nitrogens with zero attached hydrogens (tertiary/aromatic N) is 2. The molecule has 0 saturated heterocycles. The number of methoxy groups -OCH3 is 1. The van der Waals surface area contributed by atoms with Crippen molar-refractivity contribution in [3.63, 3.8) is 0 Å². The Morgan fingerprint density at radius 1 is 1.21 bits per heavy atom. The monoisotopic (exact) mass is 260 g/mol. The zero-order chi connectivity index (χ0) is 13.7. The Balaban J connectivity index is 2.13. The minimum absolute atomic E-state index is 0.213. The van der Waals surface area contributed by atoms with Crippen LogP contribution in [0.3, 0.4) is 0 Å². The molecular formula is C13H12N2O4. The van der Waals surface area contributed by atoms with Crippen LogP contribution in [0.5, 0.6) is 17.2 Å². The molecular weight excluding hydrogens is 248 g/mol. The number of para-hydroxylation sites is 2. The lowest BCUT2D eigenvalue weighted by Crippen LogP contribution is -2.04. The third kappa shape index (κ3) is 3.41. The van der Waals surface area contributed by atoms with Crippen LogP contribution in [-0.4, -0.2) is 28.2 Å². The topological polar surface area (TPSA) is 81.5 Å². The van der Waals surface area contributed by atoms with Crippen LogP contribution < -0.4 is 9.47 Å². The SMILES string of the molecule is COc1ccccc1Oc1cnc(CC(=O)O)nc1. The number of aromatic nitrogens is 2. The number of carboxylic acid groups (broad SMARTS) is 1. The van der Waals surface area contributed by atoms with Gasteiger partial charge in [-0.2, -0.15) is 0 Å². The molecule has 0 radical (unpaired) electrons. The van der Waals surface area contributed by atoms with E-state index >= 15 is 0 Å². The number of ether oxygens (including phenoxy) is 2. The van der Waals surface area contributed by atoms with Gasteiger partial charge in [-0.05, 0) is 12.1 Å². The van der Waals surface area contributed by atoms with Gasteiger partial charge in [-0.1, -0.05) is 12.1 Å². The highest BCUT2D eigenvalue weighted by Gasteiger charge is 2.07. The summed E-state index contributed by atoms with van der Waals surface area (Å²) >= 11 is 0. The number of rotatable bonds is 5. The van der Waals surface area contributed by atoms with Gasteiger partial charge in [0.15, 0.2) is 17.2 Å². The van der Waals surface area contributed by atoms with Crippen molar-refractivity contribution >= 4 is 5.97 Å². The molecule has 1 aromatic heterocycles. The van der Waals surface area contributed by atoms with Crippen molar-refractivity contribution in [2.75, 3.05) is 7.11 Å². The van der Waals surface area contributed by atoms with Crippen molar-refractivity contribution in [2.24, 2.45) is 0 Å². The molecule has 1 N–H and O–H groups in total. The van der Waals surface area contributed by atoms with E-state index in [4.69, 9.17) is 14.6 Å². The van der Waals surface area contributed by atoms with E-state index in [9.17, 15) is 4.79 Å². The van der Waals surface area contributed by atoms with Crippen molar-refractivity contribution in [3.8, 4) is 17.2 Å². The normalized spacial score (nSPS) is 9.95. The van der Waals surface area contributed by atoms with E-state index in [1.807, 2.05) is 12.1 Å². The first-order chi connectivity index (χ1) is 9.19. The van der Waals surface area contributed by atoms with Crippen LogP contribution in [-0.2, 0) is 11.2 Å². The second kappa shape index (κ2) is 5.81. The van der Waals surface area contributed by atoms with Gasteiger partial charge in [-0.3, -0.25) is 4.79 Å². The fraction of sp³-hybridized carbons (Fsp3) is 0.154. The maximum atomic E-state index is 10.5. The average Bonchev–Trinajstić information content (AvgIpc) is 2.41. The molecule has 2 rings (SSSR count). The number of hydrogen-bond acceptors (Lipinski definition) is 5. The van der Waals surface area contributed by atoms with Crippen LogP contribution in [0.15, 0.2) is 36.7 Å². The molecule has 0 bridgehead atoms. The Bertz CT molecular complexity index is 569. The van der Waals surface area contributed by atoms with Gasteiger partial charge in [-0.15, -0.1) is 0 Å². The van der Waals surface area contributed by atoms with Gasteiger partial charge in [0.25, 0.3) is 0 Å². The predicted molar refractivity (Wildman–Crippen MR) is 66.4 cm³/mol. The van der Waals surface area contributed by atoms with Gasteiger partial charge in [0.1, 0.15) is 12.2 Å². The zero-order valence-corrected chi connectivity index (χ0v) is 10.2. The molecule has 1 heterocycles. The van der Waals surface area contributed by atoms with E-state index in [2.05, 4.69) is 9.97 Å². The van der Waals surface area contributed by atoms with Crippen LogP contribution in [0.2, 0.25) is 0 Å². The molecule has 0 aliphatic carbocycles. The lowest BCUT2D eigenvalue weighted by Gasteiger charge is -2.09. The molecule has 0 spiro atoms. The predicted octanol–water partition coefficient (Wildman–Crippen LogP) is 1.90. The molecule has 1 aromatic carbocycles. The van der Waals surface area contributed by atoms with Crippen molar-refractivity contribution in [1.29, 1.82) is 0 Å². The number of aliphatic carboxylic acids is 1. The van der Waals surface area contributed by atoms with E-state index in [1.54, 1.807) is 19.2 Å². The largest absolute Gasteiger partial charge is 0.493 e. The summed E-state index contributed by atoms with van der Waals surface area (Å²) in [4.78, 5) is 18.3. The second-order valence-electron chi connectivity index (χ2n) is 3.66. The minimum atomic E-state index is -0.974. The molecule has 0 unspecified atom stereocenters. The van der Waals surface area contributed by atoms with Crippen LogP contribution in [0.4, 0.5) is 0 Å². The van der Waals surface area contributed by atoms with E-state index in [1.165, 1.54) is 12.4 Å². The number of benzene rings is 1. The summed E-state index contributed by atoms with van der Waals surface area (Å²) in [5.41, 5.74) is 0. The van der Waals surface area contributed by atoms with Crippen LogP contribution in [0.1, 0.15) is 5.82 Å². The van der Waals surface area contributed by atoms with Crippen molar-refractivity contribution in [1.82, 2.24) is 9.97 Å². The summed E-state index contributed by atoms with van der Waals surface area (Å²) in [5, 5.41) is 8.61. The number of hydrogen-bond donors (Lipinski definition) is 1. The third-order valence-electron chi connectivity index (χ3n) is 2.29. The lowest BCUT2D eigenvalue weighted by molar-refractivity contribution is -0.136. The Morgan fingerprint density at radius 3 is 2.42 bits per heavy atom. The molecule has 0 aliphatic heterocycles. The Labute approximate surface area is 109 Å². The Morgan fingerprint density at radius 2 is 1.84 bits per heavy atom. The molecule has 0 saturated carbocycles. The summed E-state index contributed by atoms with van der Waals surface area (Å²) < 4.78 is 10.7. The minimum Gasteiger partial charge on any atom is -0.493 e. The van der Waals surface area contributed by atoms with Gasteiger partial charge in [-0.25, -0.2) is 9.97 Å². The summed E-state index contributed by atoms with van der Waals surface area (Å²) in [5.74, 6) is 0.814. The van der Waals surface area contributed by atoms with Crippen molar-refractivity contribution in [3.05, 3.63) is 42.5 Å². The molecule has 19 heavy (non-hydrogen) atoms. The van der Waals surface area contributed by atoms with Crippen LogP contribution in [0, 0.1) is 0 Å². The number of carbonyl (C=O) groups is 1. The maximum absolute atomic E-state index is 10.5. The number of carboxylic acids is 1. The molecule has 0 amide bonds. The van der Waals surface area contributed by atoms with E-state index in [0.29, 0.717) is 17.2 Å². The fourth-order valence-electron chi connectivity index (χ4n) is 1.45. The van der Waals surface area contributed by atoms with Crippen molar-refractivity contribution < 1.29 is 19.4 Å². The van der Waals surface area contributed by atoms with E-state index < -0.39 is 5.97 Å². The molecule has 0 atom stereocenters. The summed E-state index contributed by atoms with van der Waals surface area (Å²) in [7, 11) is 1.55. The fourth-order valence-corrected chi connectivity index (χ4v) is 1.45. The first-order valence-electron chi connectivity index (χ1n) is 5.52. The second-order valence-corrected chi connectivity index (χ2v) is 3.66. The highest BCUT2D eigenvalue weighted by Crippen LogP contribution is 2.30. The maximum Gasteiger partial charge on any atom is 0.311 e. The van der Waals surface area contributed by atoms with Gasteiger partial charge in [0, 0.05) is 0 Å². The van der Waals surface area contributed by atoms with Crippen LogP contribution >= 0.6 is 0 Å². The lowest BCUT2D eigenvalue weighted by atomic mass is 10.3. The Hall–Kier alpha value is -2.63. The molecule has 0 aliphatic rings. The Kier molecular flexibility index (Phi) is 3.92. The standard InChI is InChI=1S/C13H12N2O4/c1-18-10-4-2-3-5-11(10)19-9-7-14-12(15-8-9)6-13(16)17/h2-5,7-8H,6H2,1H3,(H,16,17). The smallest absolute Gasteiger partial charge is 0.311 e. The highest BCUT2D eigenvalue weighted by atomic mass is 16.5. The molecule has 2 aromatic rings. The third-order valence-corrected chi connectivity index (χ3v) is 2.29. The first-order valence-corrected chi connectivity index (χ1v) is 5.52. The zero-order valence-electron chi connectivity index (χ0n) is 10.2. The molecule has 0 fully saturated rings. The summed E-state index contributed by atoms with van der Waals surface area (Å²) in [6, 6.07) is 7.18. The van der Waals surface area contributed by atoms with Gasteiger partial charge < -0.3 is 14.6 Å². The van der Waals surface area contributed by atoms with Gasteiger partial charge in [0.05, 0.1) is 19.5 Å². The van der Waals surface area contributed by atoms with Crippen LogP contribution in [0.25, 0.3) is 0 Å². The molecule has 98 valence electrons. The van der Waals surface area contributed by atoms with Crippen molar-refractivity contribution in [2.45, 2.75) is 6.42 Å². The summed E-state index contributed by atoms with van der Waals surface area (Å²) in [6.07, 6.45) is 2.64. The molecule has 6 nitrogen and oxygen atoms in total. The highest BCUT2D eigenvalue weighted by molar-refractivity contribution is 5.68.